The molecule has 0 saturated carbocycles. The van der Waals surface area contributed by atoms with Gasteiger partial charge in [-0.15, -0.1) is 11.6 Å². The van der Waals surface area contributed by atoms with Crippen molar-refractivity contribution in [3.8, 4) is 0 Å². The van der Waals surface area contributed by atoms with Gasteiger partial charge in [0.15, 0.2) is 0 Å². The molecule has 4 heteroatoms. The Hall–Kier alpha value is -0.280. The molecule has 1 unspecified atom stereocenters. The standard InChI is InChI=1S/C8H16ClNO2/c1-3-4-12-6-8(11)10-7(2)5-9/h7H,3-6H2,1-2H3,(H,10,11). The lowest BCUT2D eigenvalue weighted by atomic mass is 10.4. The summed E-state index contributed by atoms with van der Waals surface area (Å²) in [6.45, 7) is 4.61. The van der Waals surface area contributed by atoms with Crippen molar-refractivity contribution in [1.82, 2.24) is 5.32 Å². The average molecular weight is 194 g/mol. The summed E-state index contributed by atoms with van der Waals surface area (Å²) in [7, 11) is 0. The van der Waals surface area contributed by atoms with Crippen molar-refractivity contribution in [2.75, 3.05) is 19.1 Å². The molecule has 1 atom stereocenters. The predicted octanol–water partition coefficient (Wildman–Crippen LogP) is 1.16. The molecule has 1 amide bonds. The maximum absolute atomic E-state index is 11.0. The summed E-state index contributed by atoms with van der Waals surface area (Å²) < 4.78 is 5.03. The molecular weight excluding hydrogens is 178 g/mol. The lowest BCUT2D eigenvalue weighted by Crippen LogP contribution is -2.36. The molecule has 0 radical (unpaired) electrons. The first-order chi connectivity index (χ1) is 5.70. The minimum absolute atomic E-state index is 0.0180. The van der Waals surface area contributed by atoms with Gasteiger partial charge in [-0.3, -0.25) is 4.79 Å². The molecule has 0 aromatic carbocycles. The molecular formula is C8H16ClNO2. The van der Waals surface area contributed by atoms with E-state index in [0.29, 0.717) is 12.5 Å². The summed E-state index contributed by atoms with van der Waals surface area (Å²) in [6.07, 6.45) is 0.929. The number of alkyl halides is 1. The first-order valence-corrected chi connectivity index (χ1v) is 4.67. The SMILES string of the molecule is CCCOCC(=O)NC(C)CCl. The van der Waals surface area contributed by atoms with E-state index >= 15 is 0 Å². The zero-order chi connectivity index (χ0) is 9.40. The number of amides is 1. The lowest BCUT2D eigenvalue weighted by Gasteiger charge is -2.09. The minimum Gasteiger partial charge on any atom is -0.372 e. The number of carbonyl (C=O) groups is 1. The quantitative estimate of drug-likeness (QED) is 0.508. The molecule has 0 aromatic rings. The van der Waals surface area contributed by atoms with Crippen LogP contribution in [-0.4, -0.2) is 31.0 Å². The topological polar surface area (TPSA) is 38.3 Å². The Kier molecular flexibility index (Phi) is 7.20. The van der Waals surface area contributed by atoms with Gasteiger partial charge in [-0.25, -0.2) is 0 Å². The number of ether oxygens (including phenoxy) is 1. The van der Waals surface area contributed by atoms with Crippen LogP contribution in [0.4, 0.5) is 0 Å². The molecule has 72 valence electrons. The highest BCUT2D eigenvalue weighted by Crippen LogP contribution is 1.86. The van der Waals surface area contributed by atoms with E-state index in [-0.39, 0.29) is 18.6 Å². The van der Waals surface area contributed by atoms with Crippen LogP contribution in [0, 0.1) is 0 Å². The predicted molar refractivity (Wildman–Crippen MR) is 49.4 cm³/mol. The number of hydrogen-bond acceptors (Lipinski definition) is 2. The summed E-state index contributed by atoms with van der Waals surface area (Å²) in [6, 6.07) is 0.0180. The van der Waals surface area contributed by atoms with Crippen molar-refractivity contribution in [2.24, 2.45) is 0 Å². The maximum atomic E-state index is 11.0. The van der Waals surface area contributed by atoms with Crippen LogP contribution in [0.25, 0.3) is 0 Å². The highest BCUT2D eigenvalue weighted by molar-refractivity contribution is 6.18. The van der Waals surface area contributed by atoms with E-state index in [1.807, 2.05) is 13.8 Å². The Morgan fingerprint density at radius 1 is 1.67 bits per heavy atom. The van der Waals surface area contributed by atoms with Gasteiger partial charge in [-0.1, -0.05) is 6.92 Å². The van der Waals surface area contributed by atoms with Gasteiger partial charge in [0.1, 0.15) is 6.61 Å². The molecule has 3 nitrogen and oxygen atoms in total. The molecule has 0 aliphatic heterocycles. The fraction of sp³-hybridized carbons (Fsp3) is 0.875. The van der Waals surface area contributed by atoms with E-state index in [1.165, 1.54) is 0 Å². The van der Waals surface area contributed by atoms with Crippen LogP contribution in [-0.2, 0) is 9.53 Å². The zero-order valence-corrected chi connectivity index (χ0v) is 8.36. The third-order valence-corrected chi connectivity index (χ3v) is 1.68. The number of nitrogens with one attached hydrogen (secondary N) is 1. The van der Waals surface area contributed by atoms with Gasteiger partial charge in [-0.2, -0.15) is 0 Å². The summed E-state index contributed by atoms with van der Waals surface area (Å²) in [5.41, 5.74) is 0. The van der Waals surface area contributed by atoms with E-state index in [0.717, 1.165) is 6.42 Å². The van der Waals surface area contributed by atoms with E-state index in [4.69, 9.17) is 16.3 Å². The Bertz CT molecular complexity index is 130. The molecule has 0 heterocycles. The Labute approximate surface area is 78.4 Å². The van der Waals surface area contributed by atoms with Crippen molar-refractivity contribution >= 4 is 17.5 Å². The second-order valence-electron chi connectivity index (χ2n) is 2.68. The molecule has 0 aliphatic rings. The molecule has 0 aromatic heterocycles. The van der Waals surface area contributed by atoms with Crippen LogP contribution < -0.4 is 5.32 Å². The van der Waals surface area contributed by atoms with Gasteiger partial charge in [0.2, 0.25) is 5.91 Å². The maximum Gasteiger partial charge on any atom is 0.246 e. The fourth-order valence-corrected chi connectivity index (χ4v) is 0.741. The van der Waals surface area contributed by atoms with Crippen molar-refractivity contribution < 1.29 is 9.53 Å². The summed E-state index contributed by atoms with van der Waals surface area (Å²) >= 11 is 5.50. The van der Waals surface area contributed by atoms with Gasteiger partial charge in [-0.05, 0) is 13.3 Å². The third kappa shape index (κ3) is 6.43. The average Bonchev–Trinajstić information content (AvgIpc) is 2.05. The Morgan fingerprint density at radius 3 is 2.83 bits per heavy atom. The van der Waals surface area contributed by atoms with Crippen LogP contribution in [0.2, 0.25) is 0 Å². The van der Waals surface area contributed by atoms with Gasteiger partial charge < -0.3 is 10.1 Å². The molecule has 0 fully saturated rings. The van der Waals surface area contributed by atoms with E-state index in [9.17, 15) is 4.79 Å². The van der Waals surface area contributed by atoms with Crippen LogP contribution in [0.15, 0.2) is 0 Å². The number of carbonyl (C=O) groups excluding carboxylic acids is 1. The molecule has 0 rings (SSSR count). The number of rotatable bonds is 6. The lowest BCUT2D eigenvalue weighted by molar-refractivity contribution is -0.126. The normalized spacial score (nSPS) is 12.6. The zero-order valence-electron chi connectivity index (χ0n) is 7.60. The highest BCUT2D eigenvalue weighted by Gasteiger charge is 2.04. The van der Waals surface area contributed by atoms with Crippen molar-refractivity contribution in [2.45, 2.75) is 26.3 Å². The largest absolute Gasteiger partial charge is 0.372 e. The molecule has 0 spiro atoms. The fourth-order valence-electron chi connectivity index (χ4n) is 0.664. The molecule has 12 heavy (non-hydrogen) atoms. The van der Waals surface area contributed by atoms with E-state index in [2.05, 4.69) is 5.32 Å². The van der Waals surface area contributed by atoms with Crippen molar-refractivity contribution in [3.05, 3.63) is 0 Å². The minimum atomic E-state index is -0.100. The molecule has 0 saturated heterocycles. The van der Waals surface area contributed by atoms with Crippen LogP contribution in [0.3, 0.4) is 0 Å². The van der Waals surface area contributed by atoms with E-state index in [1.54, 1.807) is 0 Å². The Balaban J connectivity index is 3.33. The third-order valence-electron chi connectivity index (χ3n) is 1.22. The van der Waals surface area contributed by atoms with Crippen LogP contribution >= 0.6 is 11.6 Å². The second-order valence-corrected chi connectivity index (χ2v) is 2.98. The van der Waals surface area contributed by atoms with Crippen molar-refractivity contribution in [3.63, 3.8) is 0 Å². The summed E-state index contributed by atoms with van der Waals surface area (Å²) in [5, 5.41) is 2.69. The molecule has 1 N–H and O–H groups in total. The first kappa shape index (κ1) is 11.7. The molecule has 0 bridgehead atoms. The van der Waals surface area contributed by atoms with Gasteiger partial charge in [0, 0.05) is 18.5 Å². The second kappa shape index (κ2) is 7.37. The van der Waals surface area contributed by atoms with Gasteiger partial charge >= 0.3 is 0 Å². The molecule has 0 aliphatic carbocycles. The monoisotopic (exact) mass is 193 g/mol. The first-order valence-electron chi connectivity index (χ1n) is 4.13. The van der Waals surface area contributed by atoms with Crippen LogP contribution in [0.5, 0.6) is 0 Å². The number of halogens is 1. The van der Waals surface area contributed by atoms with Crippen molar-refractivity contribution in [1.29, 1.82) is 0 Å². The van der Waals surface area contributed by atoms with Crippen LogP contribution in [0.1, 0.15) is 20.3 Å². The van der Waals surface area contributed by atoms with Gasteiger partial charge in [0.05, 0.1) is 0 Å². The number of hydrogen-bond donors (Lipinski definition) is 1. The summed E-state index contributed by atoms with van der Waals surface area (Å²) in [4.78, 5) is 11.0. The Morgan fingerprint density at radius 2 is 2.33 bits per heavy atom. The smallest absolute Gasteiger partial charge is 0.246 e. The van der Waals surface area contributed by atoms with E-state index < -0.39 is 0 Å². The summed E-state index contributed by atoms with van der Waals surface area (Å²) in [5.74, 6) is 0.330. The van der Waals surface area contributed by atoms with Gasteiger partial charge in [0.25, 0.3) is 0 Å². The highest BCUT2D eigenvalue weighted by atomic mass is 35.5.